The highest BCUT2D eigenvalue weighted by molar-refractivity contribution is 7.07. The van der Waals surface area contributed by atoms with Crippen LogP contribution < -0.4 is 5.32 Å². The van der Waals surface area contributed by atoms with Crippen LogP contribution in [-0.4, -0.2) is 11.5 Å². The lowest BCUT2D eigenvalue weighted by Crippen LogP contribution is -2.22. The molecule has 20 heavy (non-hydrogen) atoms. The molecule has 0 aliphatic heterocycles. The van der Waals surface area contributed by atoms with E-state index in [1.54, 1.807) is 11.3 Å². The van der Waals surface area contributed by atoms with E-state index >= 15 is 0 Å². The van der Waals surface area contributed by atoms with Crippen molar-refractivity contribution >= 4 is 22.2 Å². The van der Waals surface area contributed by atoms with E-state index in [1.165, 1.54) is 16.5 Å². The minimum absolute atomic E-state index is 0.326. The van der Waals surface area contributed by atoms with E-state index in [9.17, 15) is 0 Å². The monoisotopic (exact) mass is 282 g/mol. The van der Waals surface area contributed by atoms with Gasteiger partial charge in [0.1, 0.15) is 0 Å². The summed E-state index contributed by atoms with van der Waals surface area (Å²) < 4.78 is 0. The maximum absolute atomic E-state index is 4.58. The highest BCUT2D eigenvalue weighted by Gasteiger charge is 2.12. The molecular formula is C17H18N2S. The Hall–Kier alpha value is -1.71. The van der Waals surface area contributed by atoms with Gasteiger partial charge in [-0.3, -0.25) is 4.98 Å². The summed E-state index contributed by atoms with van der Waals surface area (Å²) in [6.07, 6.45) is 3.01. The zero-order valence-electron chi connectivity index (χ0n) is 11.5. The average molecular weight is 282 g/mol. The first-order valence-corrected chi connectivity index (χ1v) is 7.90. The van der Waals surface area contributed by atoms with Crippen LogP contribution in [0.1, 0.15) is 24.1 Å². The van der Waals surface area contributed by atoms with E-state index < -0.39 is 0 Å². The van der Waals surface area contributed by atoms with E-state index in [0.29, 0.717) is 6.04 Å². The highest BCUT2D eigenvalue weighted by atomic mass is 32.1. The molecule has 3 rings (SSSR count). The summed E-state index contributed by atoms with van der Waals surface area (Å²) in [5, 5.41) is 9.13. The Morgan fingerprint density at radius 1 is 1.25 bits per heavy atom. The Kier molecular flexibility index (Phi) is 4.09. The Labute approximate surface area is 123 Å². The molecule has 1 unspecified atom stereocenters. The van der Waals surface area contributed by atoms with Gasteiger partial charge in [-0.05, 0) is 53.1 Å². The third-order valence-electron chi connectivity index (χ3n) is 3.48. The molecule has 2 heterocycles. The maximum atomic E-state index is 4.58. The van der Waals surface area contributed by atoms with Gasteiger partial charge in [0.25, 0.3) is 0 Å². The second-order valence-corrected chi connectivity index (χ2v) is 5.69. The lowest BCUT2D eigenvalue weighted by molar-refractivity contribution is 0.549. The number of benzene rings is 1. The molecule has 2 nitrogen and oxygen atoms in total. The highest BCUT2D eigenvalue weighted by Crippen LogP contribution is 2.22. The van der Waals surface area contributed by atoms with Crippen molar-refractivity contribution in [3.63, 3.8) is 0 Å². The second-order valence-electron chi connectivity index (χ2n) is 4.91. The normalized spacial score (nSPS) is 12.7. The van der Waals surface area contributed by atoms with Crippen molar-refractivity contribution in [2.45, 2.75) is 19.4 Å². The van der Waals surface area contributed by atoms with E-state index in [0.717, 1.165) is 18.5 Å². The molecule has 0 aliphatic carbocycles. The summed E-state index contributed by atoms with van der Waals surface area (Å²) in [7, 11) is 0. The molecular weight excluding hydrogens is 264 g/mol. The average Bonchev–Trinajstić information content (AvgIpc) is 2.99. The van der Waals surface area contributed by atoms with Gasteiger partial charge in [0.05, 0.1) is 5.52 Å². The van der Waals surface area contributed by atoms with Gasteiger partial charge in [-0.25, -0.2) is 0 Å². The molecule has 2 aromatic heterocycles. The Morgan fingerprint density at radius 3 is 2.95 bits per heavy atom. The molecule has 0 aliphatic rings. The van der Waals surface area contributed by atoms with Gasteiger partial charge < -0.3 is 5.32 Å². The van der Waals surface area contributed by atoms with Crippen LogP contribution in [0.2, 0.25) is 0 Å². The van der Waals surface area contributed by atoms with Gasteiger partial charge in [-0.1, -0.05) is 25.1 Å². The second kappa shape index (κ2) is 6.16. The third kappa shape index (κ3) is 2.89. The Morgan fingerprint density at radius 2 is 2.15 bits per heavy atom. The summed E-state index contributed by atoms with van der Waals surface area (Å²) in [5.41, 5.74) is 3.70. The van der Waals surface area contributed by atoms with Crippen LogP contribution in [-0.2, 0) is 6.42 Å². The molecule has 0 amide bonds. The van der Waals surface area contributed by atoms with Crippen molar-refractivity contribution in [3.05, 3.63) is 64.5 Å². The van der Waals surface area contributed by atoms with Crippen molar-refractivity contribution in [2.24, 2.45) is 0 Å². The zero-order chi connectivity index (χ0) is 13.8. The minimum atomic E-state index is 0.326. The number of likely N-dealkylation sites (N-methyl/N-ethyl adjacent to an activating group) is 1. The quantitative estimate of drug-likeness (QED) is 0.759. The van der Waals surface area contributed by atoms with Crippen LogP contribution in [0.15, 0.2) is 53.4 Å². The number of nitrogens with zero attached hydrogens (tertiary/aromatic N) is 1. The number of hydrogen-bond acceptors (Lipinski definition) is 3. The zero-order valence-corrected chi connectivity index (χ0v) is 12.4. The number of thiophene rings is 1. The van der Waals surface area contributed by atoms with Crippen molar-refractivity contribution in [1.82, 2.24) is 10.3 Å². The Balaban J connectivity index is 1.91. The molecule has 1 atom stereocenters. The standard InChI is InChI=1S/C17H18N2S/c1-2-18-17(9-13-7-8-20-12-13)15-10-14-5-3-4-6-16(14)19-11-15/h3-8,10-12,17-18H,2,9H2,1H3. The fraction of sp³-hybridized carbons (Fsp3) is 0.235. The SMILES string of the molecule is CCNC(Cc1ccsc1)c1cnc2ccccc2c1. The van der Waals surface area contributed by atoms with Crippen molar-refractivity contribution in [1.29, 1.82) is 0 Å². The molecule has 1 N–H and O–H groups in total. The van der Waals surface area contributed by atoms with Crippen molar-refractivity contribution < 1.29 is 0 Å². The van der Waals surface area contributed by atoms with E-state index in [2.05, 4.69) is 58.3 Å². The van der Waals surface area contributed by atoms with Gasteiger partial charge in [-0.2, -0.15) is 11.3 Å². The number of aromatic nitrogens is 1. The summed E-state index contributed by atoms with van der Waals surface area (Å²) in [6, 6.07) is 13.1. The molecule has 3 heteroatoms. The lowest BCUT2D eigenvalue weighted by atomic mass is 10.0. The van der Waals surface area contributed by atoms with Gasteiger partial charge in [0, 0.05) is 17.6 Å². The van der Waals surface area contributed by atoms with Gasteiger partial charge in [-0.15, -0.1) is 0 Å². The number of rotatable bonds is 5. The summed E-state index contributed by atoms with van der Waals surface area (Å²) in [5.74, 6) is 0. The first-order chi connectivity index (χ1) is 9.86. The van der Waals surface area contributed by atoms with Crippen LogP contribution in [0.3, 0.4) is 0 Å². The molecule has 0 saturated heterocycles. The lowest BCUT2D eigenvalue weighted by Gasteiger charge is -2.18. The predicted molar refractivity (Wildman–Crippen MR) is 86.2 cm³/mol. The number of pyridine rings is 1. The fourth-order valence-corrected chi connectivity index (χ4v) is 3.16. The van der Waals surface area contributed by atoms with Crippen molar-refractivity contribution in [2.75, 3.05) is 6.54 Å². The van der Waals surface area contributed by atoms with Crippen LogP contribution >= 0.6 is 11.3 Å². The first kappa shape index (κ1) is 13.3. The topological polar surface area (TPSA) is 24.9 Å². The molecule has 0 radical (unpaired) electrons. The first-order valence-electron chi connectivity index (χ1n) is 6.96. The summed E-state index contributed by atoms with van der Waals surface area (Å²) in [4.78, 5) is 4.58. The molecule has 1 aromatic carbocycles. The molecule has 0 saturated carbocycles. The maximum Gasteiger partial charge on any atom is 0.0702 e. The summed E-state index contributed by atoms with van der Waals surface area (Å²) >= 11 is 1.75. The van der Waals surface area contributed by atoms with E-state index in [4.69, 9.17) is 0 Å². The van der Waals surface area contributed by atoms with Crippen LogP contribution in [0, 0.1) is 0 Å². The predicted octanol–water partition coefficient (Wildman–Crippen LogP) is 4.19. The minimum Gasteiger partial charge on any atom is -0.310 e. The Bertz CT molecular complexity index is 676. The van der Waals surface area contributed by atoms with Gasteiger partial charge in [0.15, 0.2) is 0 Å². The molecule has 0 bridgehead atoms. The smallest absolute Gasteiger partial charge is 0.0702 e. The fourth-order valence-electron chi connectivity index (χ4n) is 2.48. The molecule has 0 spiro atoms. The third-order valence-corrected chi connectivity index (χ3v) is 4.22. The number of para-hydroxylation sites is 1. The van der Waals surface area contributed by atoms with Gasteiger partial charge in [0.2, 0.25) is 0 Å². The molecule has 102 valence electrons. The van der Waals surface area contributed by atoms with Crippen LogP contribution in [0.5, 0.6) is 0 Å². The van der Waals surface area contributed by atoms with Gasteiger partial charge >= 0.3 is 0 Å². The van der Waals surface area contributed by atoms with E-state index in [1.807, 2.05) is 12.3 Å². The number of nitrogens with one attached hydrogen (secondary N) is 1. The van der Waals surface area contributed by atoms with E-state index in [-0.39, 0.29) is 0 Å². The van der Waals surface area contributed by atoms with Crippen LogP contribution in [0.4, 0.5) is 0 Å². The van der Waals surface area contributed by atoms with Crippen molar-refractivity contribution in [3.8, 4) is 0 Å². The number of hydrogen-bond donors (Lipinski definition) is 1. The molecule has 0 fully saturated rings. The summed E-state index contributed by atoms with van der Waals surface area (Å²) in [6.45, 7) is 3.11. The molecule has 3 aromatic rings. The van der Waals surface area contributed by atoms with Crippen LogP contribution in [0.25, 0.3) is 10.9 Å². The number of fused-ring (bicyclic) bond motifs is 1. The largest absolute Gasteiger partial charge is 0.310 e.